The van der Waals surface area contributed by atoms with Crippen LogP contribution in [0.3, 0.4) is 0 Å². The van der Waals surface area contributed by atoms with Crippen molar-refractivity contribution >= 4 is 53.7 Å². The Morgan fingerprint density at radius 2 is 0.798 bits per heavy atom. The van der Waals surface area contributed by atoms with Crippen molar-refractivity contribution in [3.8, 4) is 5.75 Å². The maximum absolute atomic E-state index is 14.3. The van der Waals surface area contributed by atoms with Crippen LogP contribution in [0.15, 0.2) is 24.3 Å². The molecule has 0 bridgehead atoms. The summed E-state index contributed by atoms with van der Waals surface area (Å²) < 4.78 is 72.6. The Morgan fingerprint density at radius 3 is 1.11 bits per heavy atom. The lowest BCUT2D eigenvalue weighted by molar-refractivity contribution is -0.272. The van der Waals surface area contributed by atoms with Gasteiger partial charge < -0.3 is 144 Å². The summed E-state index contributed by atoms with van der Waals surface area (Å²) in [6.45, 7) is -0.465. The number of carbonyl (C=O) groups excluding carboxylic acids is 6. The van der Waals surface area contributed by atoms with Gasteiger partial charge in [0.1, 0.15) is 78.8 Å². The molecule has 17 unspecified atom stereocenters. The third-order valence-corrected chi connectivity index (χ3v) is 14.9. The molecule has 0 saturated carbocycles. The minimum atomic E-state index is -3.11. The van der Waals surface area contributed by atoms with E-state index < -0.39 is 173 Å². The molecule has 3 heterocycles. The zero-order valence-corrected chi connectivity index (χ0v) is 54.8. The fourth-order valence-corrected chi connectivity index (χ4v) is 10.4. The zero-order valence-electron chi connectivity index (χ0n) is 53.0. The van der Waals surface area contributed by atoms with E-state index in [1.807, 2.05) is 0 Å². The Kier molecular flexibility index (Phi) is 38.8. The molecule has 3 fully saturated rings. The van der Waals surface area contributed by atoms with Crippen molar-refractivity contribution in [2.24, 2.45) is 0 Å². The number of rotatable bonds is 46. The first kappa shape index (κ1) is 82.0. The van der Waals surface area contributed by atoms with E-state index in [9.17, 15) is 79.6 Å². The van der Waals surface area contributed by atoms with Crippen molar-refractivity contribution in [1.29, 1.82) is 0 Å². The van der Waals surface area contributed by atoms with Crippen LogP contribution in [0.25, 0.3) is 0 Å². The van der Waals surface area contributed by atoms with Gasteiger partial charge in [-0.05, 0) is 35.9 Å². The summed E-state index contributed by atoms with van der Waals surface area (Å²) in [6.07, 6.45) is -16.0. The number of ether oxygens (including phenoxy) is 12. The van der Waals surface area contributed by atoms with Gasteiger partial charge in [-0.1, -0.05) is 12.1 Å². The van der Waals surface area contributed by atoms with E-state index in [0.29, 0.717) is 5.56 Å². The fraction of sp³-hybridized carbons (Fsp3) is 0.786. The van der Waals surface area contributed by atoms with E-state index in [4.69, 9.17) is 73.2 Å². The lowest BCUT2D eigenvalue weighted by atomic mass is 9.97. The molecule has 0 aliphatic carbocycles. The number of hydrogen-bond acceptors (Lipinski definition) is 30. The first-order valence-corrected chi connectivity index (χ1v) is 33.6. The van der Waals surface area contributed by atoms with Crippen LogP contribution in [-0.4, -0.2) is 347 Å². The van der Waals surface area contributed by atoms with Crippen molar-refractivity contribution in [2.45, 2.75) is 125 Å². The largest absolute Gasteiger partial charge is 0.444 e. The standard InChI is InChI=1S/C56H96N7O29PS/c1-33(67)60-44-50(75)47(72)39(30-64)89-54(44)86-24-21-83-18-15-80-12-9-57-42(70)28-63(29-43(71)58-10-13-81-16-19-84-22-25-87-55-45(61-34(2)68)51(76)48(73)40(31-65)90-55)38(27-36-5-7-37(8-6-36)92-93(4,79)94)53(78)59-11-14-82-17-20-85-23-26-88-56-46(62-35(3)69)52(77)49(74)41(32-66)91-56/h5-8,38-41,44-52,54-56,64-66,72-77H,9-32H2,1-4H3,(H,57,70)(H,58,71)(H,59,78)(H,60,67)(H,61,68)(H,62,69)(H,79,94). The van der Waals surface area contributed by atoms with E-state index in [-0.39, 0.29) is 131 Å². The lowest BCUT2D eigenvalue weighted by Gasteiger charge is -2.42. The molecule has 3 saturated heterocycles. The van der Waals surface area contributed by atoms with Gasteiger partial charge in [0, 0.05) is 47.1 Å². The fourth-order valence-electron chi connectivity index (χ4n) is 9.61. The molecule has 38 heteroatoms. The topological polar surface area (TPSA) is 500 Å². The maximum Gasteiger partial charge on any atom is 0.237 e. The number of carbonyl (C=O) groups is 6. The molecule has 36 nitrogen and oxygen atoms in total. The Bertz CT molecular complexity index is 2350. The molecule has 4 rings (SSSR count). The number of hydrogen-bond donors (Lipinski definition) is 16. The van der Waals surface area contributed by atoms with Gasteiger partial charge in [-0.3, -0.25) is 33.7 Å². The van der Waals surface area contributed by atoms with E-state index in [0.717, 1.165) is 0 Å². The Labute approximate surface area is 548 Å². The molecule has 17 atom stereocenters. The van der Waals surface area contributed by atoms with Crippen LogP contribution in [0, 0.1) is 0 Å². The molecule has 540 valence electrons. The molecule has 6 amide bonds. The maximum atomic E-state index is 14.3. The second-order valence-corrected chi connectivity index (χ2v) is 25.6. The van der Waals surface area contributed by atoms with Crippen LogP contribution < -0.4 is 36.4 Å². The number of nitrogens with zero attached hydrogens (tertiary/aromatic N) is 1. The Morgan fingerprint density at radius 1 is 0.489 bits per heavy atom. The van der Waals surface area contributed by atoms with Crippen LogP contribution in [0.4, 0.5) is 0 Å². The molecule has 3 aliphatic heterocycles. The van der Waals surface area contributed by atoms with Crippen LogP contribution in [0.5, 0.6) is 5.75 Å². The molecule has 16 N–H and O–H groups in total. The molecule has 1 aromatic carbocycles. The van der Waals surface area contributed by atoms with Crippen molar-refractivity contribution in [3.05, 3.63) is 29.8 Å². The number of aliphatic hydroxyl groups is 9. The Hall–Kier alpha value is -4.43. The predicted octanol–water partition coefficient (Wildman–Crippen LogP) is -8.46. The van der Waals surface area contributed by atoms with E-state index in [1.165, 1.54) is 32.3 Å². The van der Waals surface area contributed by atoms with Gasteiger partial charge in [-0.15, -0.1) is 0 Å². The summed E-state index contributed by atoms with van der Waals surface area (Å²) in [5, 5.41) is 107. The lowest BCUT2D eigenvalue weighted by Crippen LogP contribution is -2.64. The SMILES string of the molecule is CC(=O)NC1C(OCCOCCOCCNC(=O)CN(CC(=O)NCCOCCOCCOC2OC(CO)C(O)C(O)C2NC(C)=O)C(Cc2ccc(OP(C)(O)=S)cc2)C(=O)NCCOCCOCCOC2OC(CO)C(O)C(O)C2NC(C)=O)OC(CO)C(O)C1O. The Balaban J connectivity index is 1.32. The molecule has 1 aromatic rings. The van der Waals surface area contributed by atoms with E-state index in [1.54, 1.807) is 24.3 Å². The highest BCUT2D eigenvalue weighted by atomic mass is 32.5. The zero-order chi connectivity index (χ0) is 69.2. The average molecular weight is 1390 g/mol. The van der Waals surface area contributed by atoms with E-state index in [2.05, 4.69) is 31.9 Å². The van der Waals surface area contributed by atoms with Gasteiger partial charge in [0.2, 0.25) is 41.9 Å². The van der Waals surface area contributed by atoms with Gasteiger partial charge in [0.25, 0.3) is 0 Å². The van der Waals surface area contributed by atoms with Gasteiger partial charge >= 0.3 is 0 Å². The van der Waals surface area contributed by atoms with Gasteiger partial charge in [-0.2, -0.15) is 0 Å². The minimum Gasteiger partial charge on any atom is -0.444 e. The number of nitrogens with one attached hydrogen (secondary N) is 6. The smallest absolute Gasteiger partial charge is 0.237 e. The van der Waals surface area contributed by atoms with Crippen molar-refractivity contribution in [2.75, 3.05) is 158 Å². The quantitative estimate of drug-likeness (QED) is 0.0213. The first-order chi connectivity index (χ1) is 44.9. The average Bonchev–Trinajstić information content (AvgIpc) is 0.912. The van der Waals surface area contributed by atoms with Crippen molar-refractivity contribution in [1.82, 2.24) is 36.8 Å². The summed E-state index contributed by atoms with van der Waals surface area (Å²) in [6, 6.07) is 1.83. The van der Waals surface area contributed by atoms with Crippen molar-refractivity contribution in [3.63, 3.8) is 0 Å². The summed E-state index contributed by atoms with van der Waals surface area (Å²) in [4.78, 5) is 88.4. The van der Waals surface area contributed by atoms with Gasteiger partial charge in [-0.25, -0.2) is 0 Å². The second-order valence-electron chi connectivity index (χ2n) is 21.7. The highest BCUT2D eigenvalue weighted by Crippen LogP contribution is 2.38. The molecule has 0 radical (unpaired) electrons. The minimum absolute atomic E-state index is 0.000880. The second kappa shape index (κ2) is 44.5. The third kappa shape index (κ3) is 30.1. The monoisotopic (exact) mass is 1390 g/mol. The molecule has 94 heavy (non-hydrogen) atoms. The van der Waals surface area contributed by atoms with Crippen LogP contribution in [0.2, 0.25) is 0 Å². The van der Waals surface area contributed by atoms with Gasteiger partial charge in [0.05, 0.1) is 138 Å². The predicted molar refractivity (Wildman–Crippen MR) is 326 cm³/mol. The van der Waals surface area contributed by atoms with Gasteiger partial charge in [0.15, 0.2) is 18.9 Å². The molecular formula is C56H96N7O29PS. The molecule has 0 spiro atoms. The van der Waals surface area contributed by atoms with E-state index >= 15 is 0 Å². The summed E-state index contributed by atoms with van der Waals surface area (Å²) in [5.74, 6) is -3.00. The van der Waals surface area contributed by atoms with Crippen LogP contribution in [0.1, 0.15) is 26.3 Å². The molecular weight excluding hydrogens is 1300 g/mol. The molecule has 0 aromatic heterocycles. The number of benzene rings is 1. The molecule has 3 aliphatic rings. The summed E-state index contributed by atoms with van der Waals surface area (Å²) in [7, 11) is 0. The summed E-state index contributed by atoms with van der Waals surface area (Å²) >= 11 is 5.04. The third-order valence-electron chi connectivity index (χ3n) is 14.1. The number of aliphatic hydroxyl groups excluding tert-OH is 9. The highest BCUT2D eigenvalue weighted by Gasteiger charge is 2.48. The van der Waals surface area contributed by atoms with Crippen LogP contribution in [-0.2, 0) is 104 Å². The van der Waals surface area contributed by atoms with Crippen LogP contribution >= 0.6 is 6.49 Å². The normalized spacial score (nSPS) is 27.2. The number of amides is 6. The van der Waals surface area contributed by atoms with Crippen molar-refractivity contribution < 1.29 is 141 Å². The highest BCUT2D eigenvalue weighted by molar-refractivity contribution is 8.09. The summed E-state index contributed by atoms with van der Waals surface area (Å²) in [5.41, 5.74) is 0.570. The first-order valence-electron chi connectivity index (χ1n) is 30.5.